The molecule has 4 rings (SSSR count). The van der Waals surface area contributed by atoms with Crippen LogP contribution in [0.1, 0.15) is 12.5 Å². The Balaban J connectivity index is 1.66. The Morgan fingerprint density at radius 2 is 1.60 bits per heavy atom. The number of carbonyl (C=O) groups is 2. The van der Waals surface area contributed by atoms with E-state index in [1.807, 2.05) is 12.1 Å². The summed E-state index contributed by atoms with van der Waals surface area (Å²) in [5.41, 5.74) is 2.38. The fourth-order valence-electron chi connectivity index (χ4n) is 3.10. The molecule has 1 fully saturated rings. The predicted molar refractivity (Wildman–Crippen MR) is 94.7 cm³/mol. The fourth-order valence-corrected chi connectivity index (χ4v) is 3.23. The zero-order valence-corrected chi connectivity index (χ0v) is 14.2. The summed E-state index contributed by atoms with van der Waals surface area (Å²) in [6, 6.07) is 12.8. The zero-order chi connectivity index (χ0) is 17.6. The van der Waals surface area contributed by atoms with Crippen LogP contribution in [0.2, 0.25) is 5.02 Å². The zero-order valence-electron chi connectivity index (χ0n) is 13.5. The Morgan fingerprint density at radius 3 is 2.24 bits per heavy atom. The molecule has 0 spiro atoms. The van der Waals surface area contributed by atoms with Crippen LogP contribution in [-0.2, 0) is 16.0 Å². The maximum absolute atomic E-state index is 12.9. The summed E-state index contributed by atoms with van der Waals surface area (Å²) in [6.45, 7) is 2.05. The highest BCUT2D eigenvalue weighted by atomic mass is 35.5. The molecule has 2 aromatic rings. The van der Waals surface area contributed by atoms with Gasteiger partial charge in [-0.2, -0.15) is 5.11 Å². The number of halogens is 1. The average molecular weight is 355 g/mol. The van der Waals surface area contributed by atoms with Gasteiger partial charge < -0.3 is 0 Å². The molecule has 1 saturated heterocycles. The molecule has 2 aromatic carbocycles. The summed E-state index contributed by atoms with van der Waals surface area (Å²) >= 11 is 5.91. The quantitative estimate of drug-likeness (QED) is 0.793. The molecule has 126 valence electrons. The molecule has 2 atom stereocenters. The molecular formula is C18H15ClN4O2. The van der Waals surface area contributed by atoms with Gasteiger partial charge in [-0.1, -0.05) is 35.9 Å². The summed E-state index contributed by atoms with van der Waals surface area (Å²) < 4.78 is 0. The molecule has 6 nitrogen and oxygen atoms in total. The van der Waals surface area contributed by atoms with Gasteiger partial charge in [0, 0.05) is 5.02 Å². The summed E-state index contributed by atoms with van der Waals surface area (Å²) in [4.78, 5) is 26.8. The van der Waals surface area contributed by atoms with Gasteiger partial charge in [0.25, 0.3) is 11.8 Å². The maximum Gasteiger partial charge on any atom is 0.263 e. The lowest BCUT2D eigenvalue weighted by Crippen LogP contribution is -2.39. The van der Waals surface area contributed by atoms with E-state index >= 15 is 0 Å². The summed E-state index contributed by atoms with van der Waals surface area (Å²) in [5, 5.41) is 10.1. The van der Waals surface area contributed by atoms with E-state index in [9.17, 15) is 9.59 Å². The molecule has 0 bridgehead atoms. The predicted octanol–water partition coefficient (Wildman–Crippen LogP) is 3.40. The van der Waals surface area contributed by atoms with Crippen molar-refractivity contribution in [2.75, 3.05) is 9.91 Å². The van der Waals surface area contributed by atoms with Gasteiger partial charge in [0.1, 0.15) is 0 Å². The molecule has 2 unspecified atom stereocenters. The van der Waals surface area contributed by atoms with Crippen molar-refractivity contribution in [1.29, 1.82) is 0 Å². The van der Waals surface area contributed by atoms with Crippen LogP contribution in [0.15, 0.2) is 58.9 Å². The topological polar surface area (TPSA) is 65.3 Å². The normalized spacial score (nSPS) is 22.0. The number of amides is 2. The Labute approximate surface area is 149 Å². The number of rotatable bonds is 3. The second-order valence-electron chi connectivity index (χ2n) is 5.95. The SMILES string of the molecule is CCc1ccc(N2C(=O)C3N=NN(c4ccc(Cl)cc4)C3C2=O)cc1. The van der Waals surface area contributed by atoms with Crippen molar-refractivity contribution in [2.24, 2.45) is 10.3 Å². The van der Waals surface area contributed by atoms with E-state index in [1.165, 1.54) is 9.91 Å². The van der Waals surface area contributed by atoms with Crippen molar-refractivity contribution in [1.82, 2.24) is 0 Å². The van der Waals surface area contributed by atoms with Gasteiger partial charge in [0.05, 0.1) is 11.4 Å². The summed E-state index contributed by atoms with van der Waals surface area (Å²) in [5.74, 6) is -0.668. The number of carbonyl (C=O) groups excluding carboxylic acids is 2. The minimum atomic E-state index is -0.811. The molecule has 2 aliphatic rings. The highest BCUT2D eigenvalue weighted by Crippen LogP contribution is 2.35. The first-order chi connectivity index (χ1) is 12.1. The third kappa shape index (κ3) is 2.49. The second-order valence-corrected chi connectivity index (χ2v) is 6.38. The lowest BCUT2D eigenvalue weighted by Gasteiger charge is -2.20. The van der Waals surface area contributed by atoms with E-state index in [-0.39, 0.29) is 11.8 Å². The first-order valence-electron chi connectivity index (χ1n) is 8.02. The van der Waals surface area contributed by atoms with Crippen LogP contribution >= 0.6 is 11.6 Å². The molecule has 0 saturated carbocycles. The minimum Gasteiger partial charge on any atom is -0.271 e. The van der Waals surface area contributed by atoms with Crippen LogP contribution in [0.3, 0.4) is 0 Å². The lowest BCUT2D eigenvalue weighted by atomic mass is 10.1. The van der Waals surface area contributed by atoms with E-state index in [0.29, 0.717) is 16.4 Å². The van der Waals surface area contributed by atoms with Crippen molar-refractivity contribution >= 4 is 34.8 Å². The number of aryl methyl sites for hydroxylation is 1. The van der Waals surface area contributed by atoms with Gasteiger partial charge >= 0.3 is 0 Å². The highest BCUT2D eigenvalue weighted by Gasteiger charge is 2.55. The third-order valence-electron chi connectivity index (χ3n) is 4.48. The monoisotopic (exact) mass is 354 g/mol. The first-order valence-corrected chi connectivity index (χ1v) is 8.40. The second kappa shape index (κ2) is 5.97. The van der Waals surface area contributed by atoms with Crippen molar-refractivity contribution in [2.45, 2.75) is 25.4 Å². The van der Waals surface area contributed by atoms with Gasteiger partial charge in [0.2, 0.25) is 0 Å². The Kier molecular flexibility index (Phi) is 3.77. The number of nitrogens with zero attached hydrogens (tertiary/aromatic N) is 4. The maximum atomic E-state index is 12.9. The molecule has 2 amide bonds. The van der Waals surface area contributed by atoms with Gasteiger partial charge in [-0.05, 0) is 48.4 Å². The van der Waals surface area contributed by atoms with Crippen LogP contribution in [0, 0.1) is 0 Å². The number of anilines is 2. The van der Waals surface area contributed by atoms with E-state index in [4.69, 9.17) is 11.6 Å². The van der Waals surface area contributed by atoms with Crippen molar-refractivity contribution in [3.8, 4) is 0 Å². The van der Waals surface area contributed by atoms with Crippen LogP contribution in [0.5, 0.6) is 0 Å². The molecule has 0 aliphatic carbocycles. The Morgan fingerprint density at radius 1 is 0.960 bits per heavy atom. The molecule has 25 heavy (non-hydrogen) atoms. The van der Waals surface area contributed by atoms with E-state index in [0.717, 1.165) is 12.0 Å². The number of hydrogen-bond acceptors (Lipinski definition) is 5. The molecule has 7 heteroatoms. The number of imide groups is 1. The molecule has 2 heterocycles. The fraction of sp³-hybridized carbons (Fsp3) is 0.222. The standard InChI is InChI=1S/C18H15ClN4O2/c1-2-11-3-7-13(8-4-11)22-17(24)15-16(18(22)25)23(21-20-15)14-9-5-12(19)6-10-14/h3-10,15-16H,2H2,1H3. The van der Waals surface area contributed by atoms with Gasteiger partial charge in [-0.25, -0.2) is 9.91 Å². The highest BCUT2D eigenvalue weighted by molar-refractivity contribution is 6.30. The molecule has 0 aromatic heterocycles. The lowest BCUT2D eigenvalue weighted by molar-refractivity contribution is -0.121. The molecule has 0 N–H and O–H groups in total. The minimum absolute atomic E-state index is 0.320. The molecule has 2 aliphatic heterocycles. The largest absolute Gasteiger partial charge is 0.271 e. The first kappa shape index (κ1) is 15.8. The summed E-state index contributed by atoms with van der Waals surface area (Å²) in [7, 11) is 0. The van der Waals surface area contributed by atoms with Gasteiger partial charge in [-0.3, -0.25) is 9.59 Å². The van der Waals surface area contributed by atoms with Gasteiger partial charge in [0.15, 0.2) is 12.1 Å². The van der Waals surface area contributed by atoms with Crippen LogP contribution < -0.4 is 9.91 Å². The number of hydrogen-bond donors (Lipinski definition) is 0. The van der Waals surface area contributed by atoms with E-state index in [1.54, 1.807) is 36.4 Å². The molecule has 0 radical (unpaired) electrons. The van der Waals surface area contributed by atoms with Crippen molar-refractivity contribution < 1.29 is 9.59 Å². The van der Waals surface area contributed by atoms with Crippen molar-refractivity contribution in [3.05, 3.63) is 59.1 Å². The third-order valence-corrected chi connectivity index (χ3v) is 4.73. The van der Waals surface area contributed by atoms with E-state index in [2.05, 4.69) is 17.3 Å². The van der Waals surface area contributed by atoms with Gasteiger partial charge in [-0.15, -0.1) is 0 Å². The van der Waals surface area contributed by atoms with Crippen LogP contribution in [0.25, 0.3) is 0 Å². The van der Waals surface area contributed by atoms with E-state index < -0.39 is 12.1 Å². The average Bonchev–Trinajstić information content (AvgIpc) is 3.17. The van der Waals surface area contributed by atoms with Crippen LogP contribution in [0.4, 0.5) is 11.4 Å². The Hall–Kier alpha value is -2.73. The Bertz CT molecular complexity index is 864. The summed E-state index contributed by atoms with van der Waals surface area (Å²) in [6.07, 6.45) is 0.895. The number of benzene rings is 2. The van der Waals surface area contributed by atoms with Crippen molar-refractivity contribution in [3.63, 3.8) is 0 Å². The smallest absolute Gasteiger partial charge is 0.263 e. The van der Waals surface area contributed by atoms with Crippen LogP contribution in [-0.4, -0.2) is 23.9 Å². The molecular weight excluding hydrogens is 340 g/mol. The number of fused-ring (bicyclic) bond motifs is 1.